The highest BCUT2D eigenvalue weighted by molar-refractivity contribution is 8.00. The summed E-state index contributed by atoms with van der Waals surface area (Å²) in [5.74, 6) is 1.79. The highest BCUT2D eigenvalue weighted by Gasteiger charge is 2.31. The van der Waals surface area contributed by atoms with Crippen LogP contribution in [0.1, 0.15) is 33.1 Å². The van der Waals surface area contributed by atoms with E-state index in [0.717, 1.165) is 19.3 Å². The van der Waals surface area contributed by atoms with Gasteiger partial charge in [0.2, 0.25) is 0 Å². The molecule has 0 radical (unpaired) electrons. The van der Waals surface area contributed by atoms with Crippen LogP contribution in [0.3, 0.4) is 0 Å². The smallest absolute Gasteiger partial charge is 0.134 e. The van der Waals surface area contributed by atoms with E-state index in [2.05, 4.69) is 38.1 Å². The summed E-state index contributed by atoms with van der Waals surface area (Å²) in [7, 11) is 0. The zero-order valence-electron chi connectivity index (χ0n) is 10.6. The van der Waals surface area contributed by atoms with Crippen LogP contribution in [0, 0.1) is 11.8 Å². The van der Waals surface area contributed by atoms with Crippen molar-refractivity contribution in [3.8, 4) is 0 Å². The van der Waals surface area contributed by atoms with Crippen LogP contribution in [-0.4, -0.2) is 11.0 Å². The fourth-order valence-corrected chi connectivity index (χ4v) is 4.12. The number of hydrogen-bond acceptors (Lipinski definition) is 2. The fourth-order valence-electron chi connectivity index (χ4n) is 2.56. The molecule has 0 N–H and O–H groups in total. The molecule has 1 fully saturated rings. The van der Waals surface area contributed by atoms with Gasteiger partial charge in [-0.05, 0) is 30.4 Å². The molecule has 17 heavy (non-hydrogen) atoms. The lowest BCUT2D eigenvalue weighted by molar-refractivity contribution is -0.121. The number of carbonyl (C=O) groups is 1. The minimum atomic E-state index is 0.440. The van der Waals surface area contributed by atoms with Crippen molar-refractivity contribution in [3.05, 3.63) is 30.3 Å². The standard InChI is InChI=1S/C15H20OS/c1-11(2)14-9-8-12(16)10-15(14)17-13-6-4-3-5-7-13/h3-7,11,14-15H,8-10H2,1-2H3/t14-,15+/m1/s1. The Labute approximate surface area is 108 Å². The molecule has 0 unspecified atom stereocenters. The average molecular weight is 248 g/mol. The van der Waals surface area contributed by atoms with Gasteiger partial charge in [-0.25, -0.2) is 0 Å². The van der Waals surface area contributed by atoms with E-state index in [0.29, 0.717) is 22.9 Å². The predicted molar refractivity (Wildman–Crippen MR) is 73.3 cm³/mol. The predicted octanol–water partition coefficient (Wildman–Crippen LogP) is 4.17. The Bertz CT molecular complexity index is 372. The first-order valence-corrected chi connectivity index (χ1v) is 7.28. The number of thioether (sulfide) groups is 1. The Morgan fingerprint density at radius 1 is 1.24 bits per heavy atom. The molecule has 0 heterocycles. The van der Waals surface area contributed by atoms with Crippen molar-refractivity contribution in [2.75, 3.05) is 0 Å². The summed E-state index contributed by atoms with van der Waals surface area (Å²) in [6.45, 7) is 4.55. The van der Waals surface area contributed by atoms with Crippen LogP contribution >= 0.6 is 11.8 Å². The fraction of sp³-hybridized carbons (Fsp3) is 0.533. The lowest BCUT2D eigenvalue weighted by atomic mass is 9.81. The molecule has 1 aromatic rings. The maximum Gasteiger partial charge on any atom is 0.134 e. The summed E-state index contributed by atoms with van der Waals surface area (Å²) in [5, 5.41) is 0.471. The Morgan fingerprint density at radius 3 is 2.59 bits per heavy atom. The molecular formula is C15H20OS. The molecule has 0 spiro atoms. The highest BCUT2D eigenvalue weighted by atomic mass is 32.2. The molecular weight excluding hydrogens is 228 g/mol. The Balaban J connectivity index is 2.07. The molecule has 0 bridgehead atoms. The zero-order chi connectivity index (χ0) is 12.3. The number of Topliss-reactive ketones (excluding diaryl/α,β-unsaturated/α-hetero) is 1. The molecule has 1 aliphatic carbocycles. The van der Waals surface area contributed by atoms with E-state index in [1.807, 2.05) is 17.8 Å². The molecule has 2 heteroatoms. The number of benzene rings is 1. The van der Waals surface area contributed by atoms with Crippen LogP contribution in [0.25, 0.3) is 0 Å². The quantitative estimate of drug-likeness (QED) is 0.798. The van der Waals surface area contributed by atoms with E-state index < -0.39 is 0 Å². The van der Waals surface area contributed by atoms with Gasteiger partial charge in [0.05, 0.1) is 0 Å². The largest absolute Gasteiger partial charge is 0.300 e. The van der Waals surface area contributed by atoms with Crippen LogP contribution in [0.2, 0.25) is 0 Å². The summed E-state index contributed by atoms with van der Waals surface area (Å²) in [4.78, 5) is 12.9. The maximum atomic E-state index is 11.6. The third kappa shape index (κ3) is 3.35. The normalized spacial score (nSPS) is 25.2. The van der Waals surface area contributed by atoms with Gasteiger partial charge in [-0.2, -0.15) is 0 Å². The van der Waals surface area contributed by atoms with E-state index in [4.69, 9.17) is 0 Å². The van der Waals surface area contributed by atoms with Crippen LogP contribution in [0.4, 0.5) is 0 Å². The van der Waals surface area contributed by atoms with E-state index in [1.54, 1.807) is 0 Å². The van der Waals surface area contributed by atoms with Gasteiger partial charge >= 0.3 is 0 Å². The monoisotopic (exact) mass is 248 g/mol. The molecule has 0 aliphatic heterocycles. The molecule has 1 aromatic carbocycles. The second-order valence-electron chi connectivity index (χ2n) is 5.16. The molecule has 1 nitrogen and oxygen atoms in total. The molecule has 1 saturated carbocycles. The topological polar surface area (TPSA) is 17.1 Å². The molecule has 2 atom stereocenters. The van der Waals surface area contributed by atoms with Crippen molar-refractivity contribution >= 4 is 17.5 Å². The van der Waals surface area contributed by atoms with Gasteiger partial charge in [-0.1, -0.05) is 32.0 Å². The van der Waals surface area contributed by atoms with Gasteiger partial charge in [-0.15, -0.1) is 11.8 Å². The summed E-state index contributed by atoms with van der Waals surface area (Å²) < 4.78 is 0. The Kier molecular flexibility index (Phi) is 4.27. The average Bonchev–Trinajstić information content (AvgIpc) is 2.30. The molecule has 2 rings (SSSR count). The lowest BCUT2D eigenvalue weighted by Crippen LogP contribution is -2.30. The second-order valence-corrected chi connectivity index (χ2v) is 6.47. The maximum absolute atomic E-state index is 11.6. The summed E-state index contributed by atoms with van der Waals surface area (Å²) in [5.41, 5.74) is 0. The number of carbonyl (C=O) groups excluding carboxylic acids is 1. The van der Waals surface area contributed by atoms with Crippen LogP contribution < -0.4 is 0 Å². The lowest BCUT2D eigenvalue weighted by Gasteiger charge is -2.33. The van der Waals surface area contributed by atoms with Crippen molar-refractivity contribution in [1.82, 2.24) is 0 Å². The zero-order valence-corrected chi connectivity index (χ0v) is 11.4. The third-order valence-corrected chi connectivity index (χ3v) is 4.91. The second kappa shape index (κ2) is 5.72. The SMILES string of the molecule is CC(C)[C@H]1CCC(=O)C[C@@H]1Sc1ccccc1. The highest BCUT2D eigenvalue weighted by Crippen LogP contribution is 2.39. The summed E-state index contributed by atoms with van der Waals surface area (Å²) in [6, 6.07) is 10.5. The first kappa shape index (κ1) is 12.7. The Morgan fingerprint density at radius 2 is 1.94 bits per heavy atom. The van der Waals surface area contributed by atoms with Gasteiger partial charge < -0.3 is 0 Å². The minimum Gasteiger partial charge on any atom is -0.300 e. The summed E-state index contributed by atoms with van der Waals surface area (Å²) >= 11 is 1.88. The summed E-state index contributed by atoms with van der Waals surface area (Å²) in [6.07, 6.45) is 2.61. The molecule has 0 saturated heterocycles. The van der Waals surface area contributed by atoms with Crippen LogP contribution in [0.5, 0.6) is 0 Å². The number of ketones is 1. The molecule has 92 valence electrons. The van der Waals surface area contributed by atoms with Crippen molar-refractivity contribution in [3.63, 3.8) is 0 Å². The van der Waals surface area contributed by atoms with Crippen LogP contribution in [0.15, 0.2) is 35.2 Å². The Hall–Kier alpha value is -0.760. The van der Waals surface area contributed by atoms with Gasteiger partial charge in [-0.3, -0.25) is 4.79 Å². The minimum absolute atomic E-state index is 0.440. The molecule has 0 amide bonds. The van der Waals surface area contributed by atoms with E-state index in [-0.39, 0.29) is 0 Å². The van der Waals surface area contributed by atoms with E-state index in [1.165, 1.54) is 4.90 Å². The molecule has 0 aromatic heterocycles. The van der Waals surface area contributed by atoms with Crippen molar-refractivity contribution < 1.29 is 4.79 Å². The van der Waals surface area contributed by atoms with Crippen molar-refractivity contribution in [1.29, 1.82) is 0 Å². The van der Waals surface area contributed by atoms with Crippen LogP contribution in [-0.2, 0) is 4.79 Å². The van der Waals surface area contributed by atoms with Gasteiger partial charge in [0.15, 0.2) is 0 Å². The third-order valence-electron chi connectivity index (χ3n) is 3.55. The van der Waals surface area contributed by atoms with Gasteiger partial charge in [0.25, 0.3) is 0 Å². The van der Waals surface area contributed by atoms with Crippen molar-refractivity contribution in [2.24, 2.45) is 11.8 Å². The first-order chi connectivity index (χ1) is 8.16. The number of rotatable bonds is 3. The van der Waals surface area contributed by atoms with E-state index in [9.17, 15) is 4.79 Å². The molecule has 1 aliphatic rings. The van der Waals surface area contributed by atoms with E-state index >= 15 is 0 Å². The van der Waals surface area contributed by atoms with Crippen molar-refractivity contribution in [2.45, 2.75) is 43.3 Å². The first-order valence-electron chi connectivity index (χ1n) is 6.40. The van der Waals surface area contributed by atoms with Gasteiger partial charge in [0, 0.05) is 23.0 Å². The van der Waals surface area contributed by atoms with Gasteiger partial charge in [0.1, 0.15) is 5.78 Å². The number of hydrogen-bond donors (Lipinski definition) is 0.